The molecule has 14 N–H and O–H groups in total. The Hall–Kier alpha value is -2.64. The molecule has 11 atom stereocenters. The average Bonchev–Trinajstić information content (AvgIpc) is 3.64. The molecule has 21 nitrogen and oxygen atoms in total. The van der Waals surface area contributed by atoms with Gasteiger partial charge in [-0.3, -0.25) is 19.2 Å². The second kappa shape index (κ2) is 33.0. The van der Waals surface area contributed by atoms with Gasteiger partial charge in [-0.05, 0) is 70.1 Å². The molecule has 1 aliphatic rings. The van der Waals surface area contributed by atoms with Crippen molar-refractivity contribution in [2.45, 2.75) is 158 Å². The van der Waals surface area contributed by atoms with Crippen molar-refractivity contribution < 1.29 is 84.8 Å². The van der Waals surface area contributed by atoms with Gasteiger partial charge in [0.1, 0.15) is 54.9 Å². The van der Waals surface area contributed by atoms with Crippen LogP contribution in [0.15, 0.2) is 0 Å². The predicted molar refractivity (Wildman–Crippen MR) is 218 cm³/mol. The van der Waals surface area contributed by atoms with Gasteiger partial charge in [-0.15, -0.1) is 0 Å². The molecule has 4 amide bonds. The lowest BCUT2D eigenvalue weighted by Crippen LogP contribution is -2.47. The van der Waals surface area contributed by atoms with Crippen LogP contribution in [-0.2, 0) is 28.7 Å². The monoisotopic (exact) mass is 885 g/mol. The van der Waals surface area contributed by atoms with Gasteiger partial charge in [-0.1, -0.05) is 13.3 Å². The van der Waals surface area contributed by atoms with Crippen LogP contribution in [0.1, 0.15) is 96.8 Å². The molecule has 0 aromatic heterocycles. The fourth-order valence-electron chi connectivity index (χ4n) is 6.72. The average molecular weight is 885 g/mol. The van der Waals surface area contributed by atoms with Crippen molar-refractivity contribution in [3.05, 3.63) is 0 Å². The summed E-state index contributed by atoms with van der Waals surface area (Å²) in [5.74, 6) is -0.565. The summed E-state index contributed by atoms with van der Waals surface area (Å²) >= 11 is 0. The predicted octanol–water partition coefficient (Wildman–Crippen LogP) is -4.09. The highest BCUT2D eigenvalue weighted by molar-refractivity contribution is 5.87. The quantitative estimate of drug-likeness (QED) is 0.0266. The molecule has 1 fully saturated rings. The minimum absolute atomic E-state index is 0.0154. The Morgan fingerprint density at radius 1 is 0.607 bits per heavy atom. The molecule has 21 heteroatoms. The van der Waals surface area contributed by atoms with Gasteiger partial charge in [-0.25, -0.2) is 0 Å². The number of ether oxygens (including phenoxy) is 2. The second-order valence-electron chi connectivity index (χ2n) is 16.0. The summed E-state index contributed by atoms with van der Waals surface area (Å²) in [5.41, 5.74) is 0. The molecule has 0 saturated carbocycles. The Morgan fingerprint density at radius 3 is 1.64 bits per heavy atom. The number of rotatable bonds is 36. The maximum absolute atomic E-state index is 13.2. The first-order chi connectivity index (χ1) is 29.1. The first-order valence-corrected chi connectivity index (χ1v) is 21.6. The number of aliphatic hydroxyl groups excluding tert-OH is 11. The first kappa shape index (κ1) is 56.4. The summed E-state index contributed by atoms with van der Waals surface area (Å²) in [7, 11) is 0. The number of nitrogens with one attached hydrogen (secondary N) is 3. The first-order valence-electron chi connectivity index (χ1n) is 21.6. The Labute approximate surface area is 358 Å². The molecule has 0 aliphatic carbocycles. The van der Waals surface area contributed by atoms with Gasteiger partial charge in [0.15, 0.2) is 0 Å². The van der Waals surface area contributed by atoms with E-state index in [1.807, 2.05) is 0 Å². The van der Waals surface area contributed by atoms with Crippen LogP contribution in [0.3, 0.4) is 0 Å². The third-order valence-electron chi connectivity index (χ3n) is 10.5. The van der Waals surface area contributed by atoms with Crippen molar-refractivity contribution in [3.63, 3.8) is 0 Å². The highest BCUT2D eigenvalue weighted by Crippen LogP contribution is 2.23. The van der Waals surface area contributed by atoms with E-state index in [-0.39, 0.29) is 75.5 Å². The fourth-order valence-corrected chi connectivity index (χ4v) is 6.72. The fraction of sp³-hybridized carbons (Fsp3) is 0.900. The molecule has 1 rings (SSSR count). The van der Waals surface area contributed by atoms with Crippen molar-refractivity contribution in [1.29, 1.82) is 0 Å². The van der Waals surface area contributed by atoms with E-state index in [4.69, 9.17) is 19.7 Å². The van der Waals surface area contributed by atoms with E-state index in [9.17, 15) is 65.1 Å². The minimum Gasteiger partial charge on any atom is -0.394 e. The van der Waals surface area contributed by atoms with E-state index >= 15 is 0 Å². The van der Waals surface area contributed by atoms with Crippen LogP contribution in [0.4, 0.5) is 0 Å². The second-order valence-corrected chi connectivity index (χ2v) is 16.0. The highest BCUT2D eigenvalue weighted by atomic mass is 16.5. The molecule has 1 heterocycles. The zero-order valence-corrected chi connectivity index (χ0v) is 35.6. The van der Waals surface area contributed by atoms with Gasteiger partial charge in [0.2, 0.25) is 23.6 Å². The Morgan fingerprint density at radius 2 is 1.10 bits per heavy atom. The van der Waals surface area contributed by atoms with E-state index in [0.29, 0.717) is 96.2 Å². The van der Waals surface area contributed by atoms with Crippen LogP contribution in [-0.4, -0.2) is 211 Å². The van der Waals surface area contributed by atoms with Crippen LogP contribution >= 0.6 is 0 Å². The minimum atomic E-state index is -1.77. The molecule has 61 heavy (non-hydrogen) atoms. The zero-order chi connectivity index (χ0) is 45.7. The van der Waals surface area contributed by atoms with Crippen molar-refractivity contribution in [2.24, 2.45) is 5.92 Å². The maximum Gasteiger partial charge on any atom is 0.242 e. The Kier molecular flexibility index (Phi) is 30.5. The summed E-state index contributed by atoms with van der Waals surface area (Å²) in [6.45, 7) is 1.34. The molecular weight excluding hydrogens is 808 g/mol. The topological polar surface area (TPSA) is 349 Å². The lowest BCUT2D eigenvalue weighted by atomic mass is 10.0. The summed E-state index contributed by atoms with van der Waals surface area (Å²) in [6, 6.07) is -0.978. The number of hydrogen-bond acceptors (Lipinski definition) is 17. The molecule has 1 aliphatic heterocycles. The smallest absolute Gasteiger partial charge is 0.242 e. The molecule has 1 saturated heterocycles. The van der Waals surface area contributed by atoms with E-state index in [1.165, 1.54) is 0 Å². The molecule has 8 unspecified atom stereocenters. The maximum atomic E-state index is 13.2. The summed E-state index contributed by atoms with van der Waals surface area (Å²) in [4.78, 5) is 52.7. The zero-order valence-electron chi connectivity index (χ0n) is 35.6. The van der Waals surface area contributed by atoms with Crippen molar-refractivity contribution in [1.82, 2.24) is 20.9 Å². The van der Waals surface area contributed by atoms with Crippen LogP contribution in [0, 0.1) is 5.92 Å². The lowest BCUT2D eigenvalue weighted by molar-refractivity contribution is -0.133. The number of carbonyl (C=O) groups is 4. The lowest BCUT2D eigenvalue weighted by Gasteiger charge is -2.25. The van der Waals surface area contributed by atoms with Crippen molar-refractivity contribution >= 4 is 23.6 Å². The molecule has 0 aromatic rings. The van der Waals surface area contributed by atoms with E-state index in [0.717, 1.165) is 6.42 Å². The van der Waals surface area contributed by atoms with Gasteiger partial charge in [0.25, 0.3) is 0 Å². The third kappa shape index (κ3) is 23.6. The number of unbranched alkanes of at least 4 members (excludes halogenated alkanes) is 5. The van der Waals surface area contributed by atoms with Gasteiger partial charge in [-0.2, -0.15) is 0 Å². The molecule has 0 bridgehead atoms. The number of nitrogens with zero attached hydrogens (tertiary/aromatic N) is 1. The van der Waals surface area contributed by atoms with Crippen LogP contribution in [0.5, 0.6) is 0 Å². The SMILES string of the molecule is C[C@@H]1C[C@@H](CO)N(C(=O)CCCCCNC(=O)[C@@H](CCCCNC(=O)CCCCOCC(O)C(O)C(O)C(O)CO)NC(=O)CCCCOCC(O)C(O)C(O)C(O)CO)C1. The summed E-state index contributed by atoms with van der Waals surface area (Å²) in [6.07, 6.45) is -6.80. The number of likely N-dealkylation sites (tertiary alicyclic amines) is 1. The molecular formula is C40H76N4O17. The molecule has 0 radical (unpaired) electrons. The van der Waals surface area contributed by atoms with Gasteiger partial charge >= 0.3 is 0 Å². The van der Waals surface area contributed by atoms with E-state index in [1.54, 1.807) is 4.90 Å². The normalized spacial score (nSPS) is 19.9. The molecule has 0 spiro atoms. The summed E-state index contributed by atoms with van der Waals surface area (Å²) in [5, 5.41) is 114. The standard InChI is InChI=1S/C40H76N4O17/c1-26-19-27(21-45)44(20-26)35(54)14-3-2-7-16-42-40(59)28(43-34(53)13-6-10-18-61-25-32(51)39(58)37(56)30(49)23-47)11-4-8-15-41-33(52)12-5-9-17-60-24-31(50)38(57)36(55)29(48)22-46/h26-32,36-39,45-51,55-58H,2-25H2,1H3,(H,41,52)(H,42,59)(H,43,53)/t26-,27+,28-,29?,30?,31?,32?,36?,37?,38?,39?/m1/s1. The summed E-state index contributed by atoms with van der Waals surface area (Å²) < 4.78 is 10.6. The van der Waals surface area contributed by atoms with Crippen LogP contribution < -0.4 is 16.0 Å². The third-order valence-corrected chi connectivity index (χ3v) is 10.5. The van der Waals surface area contributed by atoms with Crippen LogP contribution in [0.2, 0.25) is 0 Å². The number of carbonyl (C=O) groups excluding carboxylic acids is 4. The number of hydrogen-bond donors (Lipinski definition) is 14. The van der Waals surface area contributed by atoms with Gasteiger partial charge < -0.3 is 86.5 Å². The Bertz CT molecular complexity index is 1210. The highest BCUT2D eigenvalue weighted by Gasteiger charge is 2.33. The van der Waals surface area contributed by atoms with Gasteiger partial charge in [0, 0.05) is 52.1 Å². The van der Waals surface area contributed by atoms with Crippen molar-refractivity contribution in [3.8, 4) is 0 Å². The van der Waals surface area contributed by atoms with Crippen molar-refractivity contribution in [2.75, 3.05) is 65.9 Å². The van der Waals surface area contributed by atoms with E-state index < -0.39 is 68.1 Å². The van der Waals surface area contributed by atoms with Gasteiger partial charge in [0.05, 0.1) is 39.1 Å². The molecule has 358 valence electrons. The largest absolute Gasteiger partial charge is 0.394 e. The number of amides is 4. The molecule has 0 aromatic carbocycles. The number of aliphatic hydroxyl groups is 11. The Balaban J connectivity index is 2.47. The van der Waals surface area contributed by atoms with Crippen LogP contribution in [0.25, 0.3) is 0 Å². The van der Waals surface area contributed by atoms with E-state index in [2.05, 4.69) is 22.9 Å².